The lowest BCUT2D eigenvalue weighted by Crippen LogP contribution is -2.41. The number of methoxy groups -OCH3 is 1. The van der Waals surface area contributed by atoms with Crippen LogP contribution in [0.15, 0.2) is 23.1 Å². The van der Waals surface area contributed by atoms with E-state index >= 15 is 0 Å². The van der Waals surface area contributed by atoms with Crippen LogP contribution in [0, 0.1) is 0 Å². The number of carbonyl (C=O) groups is 1. The molecular weight excluding hydrogens is 332 g/mol. The number of rotatable bonds is 6. The molecule has 0 radical (unpaired) electrons. The van der Waals surface area contributed by atoms with Crippen molar-refractivity contribution in [2.75, 3.05) is 46.5 Å². The molecule has 0 atom stereocenters. The fourth-order valence-corrected chi connectivity index (χ4v) is 4.15. The second kappa shape index (κ2) is 7.96. The van der Waals surface area contributed by atoms with Crippen LogP contribution < -0.4 is 4.74 Å². The Balaban J connectivity index is 2.42. The topological polar surface area (TPSA) is 76.2 Å². The Morgan fingerprint density at radius 3 is 2.42 bits per heavy atom. The van der Waals surface area contributed by atoms with E-state index in [4.69, 9.17) is 9.47 Å². The zero-order chi connectivity index (χ0) is 17.7. The summed E-state index contributed by atoms with van der Waals surface area (Å²) < 4.78 is 37.2. The summed E-state index contributed by atoms with van der Waals surface area (Å²) in [4.78, 5) is 14.5. The van der Waals surface area contributed by atoms with E-state index in [0.717, 1.165) is 0 Å². The van der Waals surface area contributed by atoms with Crippen molar-refractivity contribution in [1.82, 2.24) is 9.21 Å². The van der Waals surface area contributed by atoms with Crippen LogP contribution in [0.3, 0.4) is 0 Å². The average Bonchev–Trinajstić information content (AvgIpc) is 2.62. The largest absolute Gasteiger partial charge is 0.496 e. The minimum atomic E-state index is -3.63. The fourth-order valence-electron chi connectivity index (χ4n) is 2.66. The van der Waals surface area contributed by atoms with E-state index in [9.17, 15) is 13.2 Å². The van der Waals surface area contributed by atoms with Crippen molar-refractivity contribution in [2.45, 2.75) is 18.7 Å². The third-order valence-electron chi connectivity index (χ3n) is 4.04. The quantitative estimate of drug-likeness (QED) is 0.765. The lowest BCUT2D eigenvalue weighted by molar-refractivity contribution is 0.0300. The maximum Gasteiger partial charge on any atom is 0.257 e. The van der Waals surface area contributed by atoms with Gasteiger partial charge < -0.3 is 14.4 Å². The summed E-state index contributed by atoms with van der Waals surface area (Å²) in [5, 5.41) is 0. The molecule has 134 valence electrons. The van der Waals surface area contributed by atoms with Gasteiger partial charge in [-0.15, -0.1) is 0 Å². The lowest BCUT2D eigenvalue weighted by atomic mass is 10.1. The number of sulfonamides is 1. The van der Waals surface area contributed by atoms with Crippen molar-refractivity contribution < 1.29 is 22.7 Å². The molecule has 1 aliphatic heterocycles. The molecule has 1 aromatic rings. The summed E-state index contributed by atoms with van der Waals surface area (Å²) in [7, 11) is -2.17. The molecule has 1 saturated heterocycles. The normalized spacial score (nSPS) is 15.6. The minimum Gasteiger partial charge on any atom is -0.496 e. The molecule has 7 nitrogen and oxygen atoms in total. The van der Waals surface area contributed by atoms with E-state index in [-0.39, 0.29) is 16.4 Å². The molecule has 0 saturated carbocycles. The third kappa shape index (κ3) is 3.71. The molecule has 1 aliphatic rings. The molecule has 0 bridgehead atoms. The summed E-state index contributed by atoms with van der Waals surface area (Å²) in [6, 6.07) is 4.41. The zero-order valence-electron chi connectivity index (χ0n) is 14.3. The van der Waals surface area contributed by atoms with Gasteiger partial charge in [0.1, 0.15) is 5.75 Å². The predicted molar refractivity (Wildman–Crippen MR) is 89.8 cm³/mol. The molecule has 0 unspecified atom stereocenters. The van der Waals surface area contributed by atoms with E-state index < -0.39 is 10.0 Å². The molecule has 0 aliphatic carbocycles. The molecule has 2 rings (SSSR count). The number of amides is 1. The highest BCUT2D eigenvalue weighted by molar-refractivity contribution is 7.89. The van der Waals surface area contributed by atoms with Crippen molar-refractivity contribution in [3.05, 3.63) is 23.8 Å². The number of hydrogen-bond donors (Lipinski definition) is 0. The molecule has 0 aromatic heterocycles. The molecule has 1 aromatic carbocycles. The summed E-state index contributed by atoms with van der Waals surface area (Å²) in [5.41, 5.74) is 0.257. The maximum absolute atomic E-state index is 12.7. The second-order valence-electron chi connectivity index (χ2n) is 5.36. The monoisotopic (exact) mass is 356 g/mol. The SMILES string of the molecule is CCN(CC)S(=O)(=O)c1ccc(OC)c(C(=O)N2CCOCC2)c1. The van der Waals surface area contributed by atoms with Crippen LogP contribution in [0.5, 0.6) is 5.75 Å². The van der Waals surface area contributed by atoms with Crippen LogP contribution in [-0.2, 0) is 14.8 Å². The standard InChI is InChI=1S/C16H24N2O5S/c1-4-18(5-2)24(20,21)13-6-7-15(22-3)14(12-13)16(19)17-8-10-23-11-9-17/h6-7,12H,4-5,8-11H2,1-3H3. The summed E-state index contributed by atoms with van der Waals surface area (Å²) in [6.45, 7) is 6.23. The fraction of sp³-hybridized carbons (Fsp3) is 0.562. The van der Waals surface area contributed by atoms with E-state index in [0.29, 0.717) is 45.1 Å². The van der Waals surface area contributed by atoms with Gasteiger partial charge in [-0.3, -0.25) is 4.79 Å². The Labute approximate surface area is 143 Å². The smallest absolute Gasteiger partial charge is 0.257 e. The molecule has 8 heteroatoms. The van der Waals surface area contributed by atoms with Gasteiger partial charge in [-0.1, -0.05) is 13.8 Å². The first-order valence-electron chi connectivity index (χ1n) is 8.00. The Kier molecular flexibility index (Phi) is 6.20. The molecule has 24 heavy (non-hydrogen) atoms. The number of hydrogen-bond acceptors (Lipinski definition) is 5. The zero-order valence-corrected chi connectivity index (χ0v) is 15.1. The van der Waals surface area contributed by atoms with Gasteiger partial charge in [-0.25, -0.2) is 8.42 Å². The number of carbonyl (C=O) groups excluding carboxylic acids is 1. The summed E-state index contributed by atoms with van der Waals surface area (Å²) in [6.07, 6.45) is 0. The van der Waals surface area contributed by atoms with Crippen molar-refractivity contribution in [3.63, 3.8) is 0 Å². The molecule has 1 amide bonds. The van der Waals surface area contributed by atoms with Gasteiger partial charge in [0.2, 0.25) is 10.0 Å². The number of ether oxygens (including phenoxy) is 2. The van der Waals surface area contributed by atoms with Gasteiger partial charge in [0.05, 0.1) is 30.8 Å². The van der Waals surface area contributed by atoms with Crippen molar-refractivity contribution >= 4 is 15.9 Å². The Morgan fingerprint density at radius 1 is 1.25 bits per heavy atom. The molecule has 0 spiro atoms. The summed E-state index contributed by atoms with van der Waals surface area (Å²) >= 11 is 0. The minimum absolute atomic E-state index is 0.101. The van der Waals surface area contributed by atoms with Gasteiger partial charge in [0, 0.05) is 26.2 Å². The maximum atomic E-state index is 12.7. The lowest BCUT2D eigenvalue weighted by Gasteiger charge is -2.27. The van der Waals surface area contributed by atoms with Gasteiger partial charge in [-0.05, 0) is 18.2 Å². The first-order valence-corrected chi connectivity index (χ1v) is 9.44. The number of benzene rings is 1. The Bertz CT molecular complexity index is 680. The van der Waals surface area contributed by atoms with E-state index in [1.165, 1.54) is 29.6 Å². The van der Waals surface area contributed by atoms with Gasteiger partial charge in [-0.2, -0.15) is 4.31 Å². The Morgan fingerprint density at radius 2 is 1.88 bits per heavy atom. The number of nitrogens with zero attached hydrogens (tertiary/aromatic N) is 2. The average molecular weight is 356 g/mol. The second-order valence-corrected chi connectivity index (χ2v) is 7.29. The van der Waals surface area contributed by atoms with Crippen molar-refractivity contribution in [3.8, 4) is 5.75 Å². The third-order valence-corrected chi connectivity index (χ3v) is 6.09. The van der Waals surface area contributed by atoms with Crippen LogP contribution in [0.25, 0.3) is 0 Å². The van der Waals surface area contributed by atoms with E-state index in [2.05, 4.69) is 0 Å². The van der Waals surface area contributed by atoms with Gasteiger partial charge >= 0.3 is 0 Å². The Hall–Kier alpha value is -1.64. The highest BCUT2D eigenvalue weighted by Gasteiger charge is 2.27. The van der Waals surface area contributed by atoms with Crippen LogP contribution in [-0.4, -0.2) is 70.0 Å². The van der Waals surface area contributed by atoms with Crippen molar-refractivity contribution in [2.24, 2.45) is 0 Å². The van der Waals surface area contributed by atoms with Gasteiger partial charge in [0.25, 0.3) is 5.91 Å². The highest BCUT2D eigenvalue weighted by Crippen LogP contribution is 2.26. The molecule has 1 heterocycles. The van der Waals surface area contributed by atoms with Crippen LogP contribution >= 0.6 is 0 Å². The van der Waals surface area contributed by atoms with E-state index in [1.807, 2.05) is 0 Å². The highest BCUT2D eigenvalue weighted by atomic mass is 32.2. The molecular formula is C16H24N2O5S. The van der Waals surface area contributed by atoms with Crippen LogP contribution in [0.1, 0.15) is 24.2 Å². The van der Waals surface area contributed by atoms with Crippen molar-refractivity contribution in [1.29, 1.82) is 0 Å². The number of morpholine rings is 1. The van der Waals surface area contributed by atoms with E-state index in [1.54, 1.807) is 18.7 Å². The van der Waals surface area contributed by atoms with Gasteiger partial charge in [0.15, 0.2) is 0 Å². The van der Waals surface area contributed by atoms with Crippen LogP contribution in [0.2, 0.25) is 0 Å². The first-order chi connectivity index (χ1) is 11.5. The predicted octanol–water partition coefficient (Wildman–Crippen LogP) is 1.20. The first kappa shape index (κ1) is 18.7. The van der Waals surface area contributed by atoms with Crippen LogP contribution in [0.4, 0.5) is 0 Å². The molecule has 1 fully saturated rings. The molecule has 0 N–H and O–H groups in total. The summed E-state index contributed by atoms with van der Waals surface area (Å²) in [5.74, 6) is 0.122.